The Balaban J connectivity index is 1.78. The first-order chi connectivity index (χ1) is 9.95. The summed E-state index contributed by atoms with van der Waals surface area (Å²) in [6, 6.07) is -0.0673. The van der Waals surface area contributed by atoms with Gasteiger partial charge in [-0.05, 0) is 25.9 Å². The second-order valence-corrected chi connectivity index (χ2v) is 6.25. The fraction of sp³-hybridized carbons (Fsp3) is 1.00. The molecule has 3 atom stereocenters. The molecule has 1 aliphatic carbocycles. The lowest BCUT2D eigenvalue weighted by Crippen LogP contribution is -2.49. The number of likely N-dealkylation sites (N-methyl/N-ethyl adjacent to an activating group) is 1. The standard InChI is InChI=1S/C15H28F2N2O2/c1-3-19(4-2)9-13-14(20)12(10-21-13)18-11-5-7-15(16,17)8-6-11/h11-14,18,20H,3-10H2,1-2H3/t12?,13-,14+/m0/s1. The molecule has 1 aliphatic heterocycles. The molecule has 0 aromatic rings. The number of nitrogens with zero attached hydrogens (tertiary/aromatic N) is 1. The molecule has 4 nitrogen and oxygen atoms in total. The van der Waals surface area contributed by atoms with Gasteiger partial charge in [0.25, 0.3) is 0 Å². The average Bonchev–Trinajstić information content (AvgIpc) is 2.79. The molecule has 0 aromatic heterocycles. The molecule has 0 aromatic carbocycles. The summed E-state index contributed by atoms with van der Waals surface area (Å²) in [5.41, 5.74) is 0. The molecule has 1 heterocycles. The highest BCUT2D eigenvalue weighted by molar-refractivity contribution is 4.93. The van der Waals surface area contributed by atoms with Crippen LogP contribution in [0.15, 0.2) is 0 Å². The van der Waals surface area contributed by atoms with Crippen LogP contribution in [-0.4, -0.2) is 66.5 Å². The minimum Gasteiger partial charge on any atom is -0.389 e. The third kappa shape index (κ3) is 4.58. The van der Waals surface area contributed by atoms with Crippen LogP contribution in [0.25, 0.3) is 0 Å². The monoisotopic (exact) mass is 306 g/mol. The Hall–Kier alpha value is -0.300. The molecule has 2 rings (SSSR count). The number of hydrogen-bond acceptors (Lipinski definition) is 4. The summed E-state index contributed by atoms with van der Waals surface area (Å²) in [4.78, 5) is 2.22. The van der Waals surface area contributed by atoms with Crippen molar-refractivity contribution >= 4 is 0 Å². The maximum Gasteiger partial charge on any atom is 0.248 e. The number of halogens is 2. The molecule has 0 bridgehead atoms. The highest BCUT2D eigenvalue weighted by atomic mass is 19.3. The average molecular weight is 306 g/mol. The Morgan fingerprint density at radius 1 is 1.24 bits per heavy atom. The van der Waals surface area contributed by atoms with Crippen LogP contribution in [0.3, 0.4) is 0 Å². The molecule has 1 saturated carbocycles. The Bertz CT molecular complexity index is 317. The van der Waals surface area contributed by atoms with Gasteiger partial charge in [0.1, 0.15) is 0 Å². The summed E-state index contributed by atoms with van der Waals surface area (Å²) >= 11 is 0. The van der Waals surface area contributed by atoms with Gasteiger partial charge < -0.3 is 20.1 Å². The lowest BCUT2D eigenvalue weighted by molar-refractivity contribution is -0.0422. The van der Waals surface area contributed by atoms with E-state index in [2.05, 4.69) is 24.1 Å². The van der Waals surface area contributed by atoms with Gasteiger partial charge in [0, 0.05) is 25.4 Å². The summed E-state index contributed by atoms with van der Waals surface area (Å²) in [6.45, 7) is 7.21. The highest BCUT2D eigenvalue weighted by Gasteiger charge is 2.40. The Morgan fingerprint density at radius 2 is 1.86 bits per heavy atom. The van der Waals surface area contributed by atoms with Crippen LogP contribution in [0, 0.1) is 0 Å². The van der Waals surface area contributed by atoms with Gasteiger partial charge in [-0.1, -0.05) is 13.8 Å². The predicted octanol–water partition coefficient (Wildman–Crippen LogP) is 1.62. The van der Waals surface area contributed by atoms with Crippen LogP contribution >= 0.6 is 0 Å². The zero-order chi connectivity index (χ0) is 15.5. The van der Waals surface area contributed by atoms with E-state index in [1.54, 1.807) is 0 Å². The largest absolute Gasteiger partial charge is 0.389 e. The highest BCUT2D eigenvalue weighted by Crippen LogP contribution is 2.33. The molecule has 0 amide bonds. The second kappa shape index (κ2) is 7.31. The minimum absolute atomic E-state index is 0.0583. The van der Waals surface area contributed by atoms with Crippen LogP contribution in [0.5, 0.6) is 0 Å². The Labute approximate surface area is 125 Å². The van der Waals surface area contributed by atoms with Crippen molar-refractivity contribution < 1.29 is 18.6 Å². The third-order valence-electron chi connectivity index (χ3n) is 4.78. The predicted molar refractivity (Wildman–Crippen MR) is 77.7 cm³/mol. The van der Waals surface area contributed by atoms with Gasteiger partial charge in [-0.2, -0.15) is 0 Å². The number of hydrogen-bond donors (Lipinski definition) is 2. The summed E-state index contributed by atoms with van der Waals surface area (Å²) in [6.07, 6.45) is 0.0722. The van der Waals surface area contributed by atoms with E-state index in [-0.39, 0.29) is 31.0 Å². The summed E-state index contributed by atoms with van der Waals surface area (Å²) in [5.74, 6) is -2.51. The molecule has 1 saturated heterocycles. The summed E-state index contributed by atoms with van der Waals surface area (Å²) < 4.78 is 32.0. The van der Waals surface area contributed by atoms with Crippen LogP contribution in [0.4, 0.5) is 8.78 Å². The molecule has 21 heavy (non-hydrogen) atoms. The fourth-order valence-electron chi connectivity index (χ4n) is 3.24. The molecule has 0 spiro atoms. The SMILES string of the molecule is CCN(CC)C[C@@H]1OCC(NC2CCC(F)(F)CC2)[C@H]1O. The first kappa shape index (κ1) is 17.1. The number of alkyl halides is 2. The van der Waals surface area contributed by atoms with Gasteiger partial charge in [-0.25, -0.2) is 8.78 Å². The topological polar surface area (TPSA) is 44.7 Å². The van der Waals surface area contributed by atoms with E-state index in [0.717, 1.165) is 19.6 Å². The Morgan fingerprint density at radius 3 is 2.43 bits per heavy atom. The van der Waals surface area contributed by atoms with E-state index in [1.165, 1.54) is 0 Å². The molecular formula is C15H28F2N2O2. The van der Waals surface area contributed by atoms with Gasteiger partial charge in [-0.15, -0.1) is 0 Å². The normalized spacial score (nSPS) is 33.7. The number of ether oxygens (including phenoxy) is 1. The van der Waals surface area contributed by atoms with Crippen molar-refractivity contribution in [1.82, 2.24) is 10.2 Å². The van der Waals surface area contributed by atoms with E-state index in [4.69, 9.17) is 4.74 Å². The van der Waals surface area contributed by atoms with Gasteiger partial charge >= 0.3 is 0 Å². The van der Waals surface area contributed by atoms with Gasteiger partial charge in [0.05, 0.1) is 24.9 Å². The van der Waals surface area contributed by atoms with Gasteiger partial charge in [0.2, 0.25) is 5.92 Å². The number of nitrogens with one attached hydrogen (secondary N) is 1. The second-order valence-electron chi connectivity index (χ2n) is 6.25. The lowest BCUT2D eigenvalue weighted by Gasteiger charge is -2.32. The van der Waals surface area contributed by atoms with Crippen molar-refractivity contribution in [2.45, 2.75) is 69.7 Å². The molecule has 124 valence electrons. The van der Waals surface area contributed by atoms with E-state index < -0.39 is 12.0 Å². The van der Waals surface area contributed by atoms with E-state index in [1.807, 2.05) is 0 Å². The van der Waals surface area contributed by atoms with Crippen LogP contribution in [0.2, 0.25) is 0 Å². The van der Waals surface area contributed by atoms with Crippen LogP contribution < -0.4 is 5.32 Å². The smallest absolute Gasteiger partial charge is 0.248 e. The van der Waals surface area contributed by atoms with Crippen molar-refractivity contribution in [3.05, 3.63) is 0 Å². The molecule has 2 aliphatic rings. The van der Waals surface area contributed by atoms with E-state index in [9.17, 15) is 13.9 Å². The van der Waals surface area contributed by atoms with E-state index in [0.29, 0.717) is 19.4 Å². The van der Waals surface area contributed by atoms with Crippen molar-refractivity contribution in [1.29, 1.82) is 0 Å². The molecule has 2 N–H and O–H groups in total. The maximum atomic E-state index is 13.1. The van der Waals surface area contributed by atoms with E-state index >= 15 is 0 Å². The van der Waals surface area contributed by atoms with Gasteiger partial charge in [0.15, 0.2) is 0 Å². The fourth-order valence-corrected chi connectivity index (χ4v) is 3.24. The first-order valence-electron chi connectivity index (χ1n) is 8.11. The molecule has 6 heteroatoms. The minimum atomic E-state index is -2.51. The summed E-state index contributed by atoms with van der Waals surface area (Å²) in [7, 11) is 0. The number of aliphatic hydroxyl groups excluding tert-OH is 1. The lowest BCUT2D eigenvalue weighted by atomic mass is 9.91. The number of aliphatic hydroxyl groups is 1. The zero-order valence-corrected chi connectivity index (χ0v) is 13.0. The maximum absolute atomic E-state index is 13.1. The Kier molecular flexibility index (Phi) is 5.94. The van der Waals surface area contributed by atoms with Crippen molar-refractivity contribution in [3.8, 4) is 0 Å². The summed E-state index contributed by atoms with van der Waals surface area (Å²) in [5, 5.41) is 13.7. The first-order valence-corrected chi connectivity index (χ1v) is 8.11. The quantitative estimate of drug-likeness (QED) is 0.783. The van der Waals surface area contributed by atoms with Crippen molar-refractivity contribution in [2.24, 2.45) is 0 Å². The number of rotatable bonds is 6. The third-order valence-corrected chi connectivity index (χ3v) is 4.78. The molecule has 1 unspecified atom stereocenters. The van der Waals surface area contributed by atoms with Gasteiger partial charge in [-0.3, -0.25) is 0 Å². The van der Waals surface area contributed by atoms with Crippen molar-refractivity contribution in [3.63, 3.8) is 0 Å². The molecule has 2 fully saturated rings. The van der Waals surface area contributed by atoms with Crippen LogP contribution in [-0.2, 0) is 4.74 Å². The molecule has 0 radical (unpaired) electrons. The van der Waals surface area contributed by atoms with Crippen LogP contribution in [0.1, 0.15) is 39.5 Å². The van der Waals surface area contributed by atoms with Crippen molar-refractivity contribution in [2.75, 3.05) is 26.2 Å². The zero-order valence-electron chi connectivity index (χ0n) is 13.0. The molecular weight excluding hydrogens is 278 g/mol.